The summed E-state index contributed by atoms with van der Waals surface area (Å²) in [5.41, 5.74) is 1.84. The molecule has 0 aliphatic heterocycles. The Hall–Kier alpha value is -1.51. The highest BCUT2D eigenvalue weighted by Gasteiger charge is 2.32. The molecule has 0 bridgehead atoms. The topological polar surface area (TPSA) is 49.3 Å². The van der Waals surface area contributed by atoms with Gasteiger partial charge in [-0.05, 0) is 55.6 Å². The molecule has 1 aromatic carbocycles. The fourth-order valence-electron chi connectivity index (χ4n) is 3.15. The van der Waals surface area contributed by atoms with Crippen molar-refractivity contribution in [3.05, 3.63) is 23.8 Å². The number of benzene rings is 1. The molecule has 2 N–H and O–H groups in total. The van der Waals surface area contributed by atoms with Crippen molar-refractivity contribution in [2.24, 2.45) is 17.3 Å². The van der Waals surface area contributed by atoms with Crippen LogP contribution in [0.3, 0.4) is 0 Å². The number of carbonyl (C=O) groups excluding carboxylic acids is 1. The highest BCUT2D eigenvalue weighted by Crippen LogP contribution is 2.40. The minimum absolute atomic E-state index is 0.0885. The van der Waals surface area contributed by atoms with Crippen molar-refractivity contribution in [1.82, 2.24) is 0 Å². The lowest BCUT2D eigenvalue weighted by Crippen LogP contribution is -2.31. The van der Waals surface area contributed by atoms with Crippen molar-refractivity contribution >= 4 is 11.6 Å². The van der Waals surface area contributed by atoms with Crippen LogP contribution in [-0.2, 0) is 4.79 Å². The Bertz CT molecular complexity index is 508. The third kappa shape index (κ3) is 3.99. The molecule has 1 saturated carbocycles. The molecular weight excluding hydrogens is 262 g/mol. The first kappa shape index (κ1) is 15.9. The molecule has 1 fully saturated rings. The maximum Gasteiger partial charge on any atom is 0.227 e. The Morgan fingerprint density at radius 1 is 1.19 bits per heavy atom. The highest BCUT2D eigenvalue weighted by molar-refractivity contribution is 5.92. The first-order valence-corrected chi connectivity index (χ1v) is 7.88. The SMILES string of the molecule is Cc1ccc(NC(=O)C2CCC(C(C)(C)C)CC2)cc1O. The van der Waals surface area contributed by atoms with E-state index >= 15 is 0 Å². The minimum atomic E-state index is 0.0885. The lowest BCUT2D eigenvalue weighted by atomic mass is 9.69. The molecule has 1 amide bonds. The Morgan fingerprint density at radius 3 is 2.33 bits per heavy atom. The van der Waals surface area contributed by atoms with Crippen LogP contribution in [0.1, 0.15) is 52.0 Å². The van der Waals surface area contributed by atoms with Gasteiger partial charge in [-0.3, -0.25) is 4.79 Å². The summed E-state index contributed by atoms with van der Waals surface area (Å²) in [6.45, 7) is 8.70. The van der Waals surface area contributed by atoms with E-state index in [1.54, 1.807) is 6.07 Å². The first-order chi connectivity index (χ1) is 9.77. The van der Waals surface area contributed by atoms with E-state index in [4.69, 9.17) is 0 Å². The zero-order valence-corrected chi connectivity index (χ0v) is 13.6. The number of carbonyl (C=O) groups is 1. The molecule has 0 spiro atoms. The Balaban J connectivity index is 1.92. The van der Waals surface area contributed by atoms with Crippen molar-refractivity contribution in [3.63, 3.8) is 0 Å². The lowest BCUT2D eigenvalue weighted by Gasteiger charge is -2.36. The van der Waals surface area contributed by atoms with Crippen molar-refractivity contribution in [1.29, 1.82) is 0 Å². The van der Waals surface area contributed by atoms with Gasteiger partial charge in [-0.25, -0.2) is 0 Å². The average molecular weight is 289 g/mol. The Labute approximate surface area is 127 Å². The third-order valence-corrected chi connectivity index (χ3v) is 4.80. The third-order valence-electron chi connectivity index (χ3n) is 4.80. The number of rotatable bonds is 2. The molecule has 0 saturated heterocycles. The summed E-state index contributed by atoms with van der Waals surface area (Å²) in [5, 5.41) is 12.6. The number of aromatic hydroxyl groups is 1. The molecule has 3 heteroatoms. The van der Waals surface area contributed by atoms with E-state index in [9.17, 15) is 9.90 Å². The maximum atomic E-state index is 12.3. The molecule has 0 heterocycles. The van der Waals surface area contributed by atoms with Gasteiger partial charge in [-0.1, -0.05) is 26.8 Å². The molecule has 1 aliphatic rings. The maximum absolute atomic E-state index is 12.3. The molecule has 3 nitrogen and oxygen atoms in total. The normalized spacial score (nSPS) is 22.9. The zero-order chi connectivity index (χ0) is 15.6. The lowest BCUT2D eigenvalue weighted by molar-refractivity contribution is -0.121. The fraction of sp³-hybridized carbons (Fsp3) is 0.611. The summed E-state index contributed by atoms with van der Waals surface area (Å²) in [6.07, 6.45) is 4.18. The van der Waals surface area contributed by atoms with E-state index < -0.39 is 0 Å². The number of hydrogen-bond donors (Lipinski definition) is 2. The van der Waals surface area contributed by atoms with E-state index in [0.717, 1.165) is 31.2 Å². The predicted octanol–water partition coefficient (Wildman–Crippen LogP) is 4.49. The van der Waals surface area contributed by atoms with E-state index in [1.165, 1.54) is 0 Å². The van der Waals surface area contributed by atoms with Crippen LogP contribution in [0.15, 0.2) is 18.2 Å². The number of nitrogens with one attached hydrogen (secondary N) is 1. The molecule has 0 radical (unpaired) electrons. The molecule has 0 atom stereocenters. The summed E-state index contributed by atoms with van der Waals surface area (Å²) in [7, 11) is 0. The number of hydrogen-bond acceptors (Lipinski definition) is 2. The van der Waals surface area contributed by atoms with Gasteiger partial charge >= 0.3 is 0 Å². The molecule has 1 aromatic rings. The van der Waals surface area contributed by atoms with Crippen LogP contribution in [0, 0.1) is 24.2 Å². The quantitative estimate of drug-likeness (QED) is 0.842. The van der Waals surface area contributed by atoms with E-state index in [-0.39, 0.29) is 17.6 Å². The number of amides is 1. The van der Waals surface area contributed by atoms with Gasteiger partial charge in [0.25, 0.3) is 0 Å². The second kappa shape index (κ2) is 6.08. The van der Waals surface area contributed by atoms with Crippen molar-refractivity contribution in [2.75, 3.05) is 5.32 Å². The molecule has 116 valence electrons. The van der Waals surface area contributed by atoms with Gasteiger partial charge in [0.15, 0.2) is 0 Å². The minimum Gasteiger partial charge on any atom is -0.508 e. The van der Waals surface area contributed by atoms with Crippen LogP contribution < -0.4 is 5.32 Å². The molecule has 2 rings (SSSR count). The van der Waals surface area contributed by atoms with Crippen LogP contribution in [0.4, 0.5) is 5.69 Å². The molecule has 1 aliphatic carbocycles. The largest absolute Gasteiger partial charge is 0.508 e. The predicted molar refractivity (Wildman–Crippen MR) is 86.4 cm³/mol. The monoisotopic (exact) mass is 289 g/mol. The zero-order valence-electron chi connectivity index (χ0n) is 13.6. The van der Waals surface area contributed by atoms with Gasteiger partial charge in [-0.15, -0.1) is 0 Å². The second-order valence-electron chi connectivity index (χ2n) is 7.41. The summed E-state index contributed by atoms with van der Waals surface area (Å²) < 4.78 is 0. The van der Waals surface area contributed by atoms with E-state index in [0.29, 0.717) is 17.0 Å². The van der Waals surface area contributed by atoms with Crippen LogP contribution in [-0.4, -0.2) is 11.0 Å². The van der Waals surface area contributed by atoms with Crippen LogP contribution in [0.5, 0.6) is 5.75 Å². The van der Waals surface area contributed by atoms with Gasteiger partial charge in [-0.2, -0.15) is 0 Å². The highest BCUT2D eigenvalue weighted by atomic mass is 16.3. The van der Waals surface area contributed by atoms with Crippen LogP contribution in [0.2, 0.25) is 0 Å². The second-order valence-corrected chi connectivity index (χ2v) is 7.41. The standard InChI is InChI=1S/C18H27NO2/c1-12-5-10-15(11-16(12)20)19-17(21)13-6-8-14(9-7-13)18(2,3)4/h5,10-11,13-14,20H,6-9H2,1-4H3,(H,19,21). The van der Waals surface area contributed by atoms with Gasteiger partial charge in [0.2, 0.25) is 5.91 Å². The smallest absolute Gasteiger partial charge is 0.227 e. The Morgan fingerprint density at radius 2 is 1.81 bits per heavy atom. The summed E-state index contributed by atoms with van der Waals surface area (Å²) in [5.74, 6) is 1.13. The average Bonchev–Trinajstić information content (AvgIpc) is 2.42. The van der Waals surface area contributed by atoms with Gasteiger partial charge in [0.05, 0.1) is 0 Å². The van der Waals surface area contributed by atoms with Gasteiger partial charge in [0.1, 0.15) is 5.75 Å². The number of phenolic OH excluding ortho intramolecular Hbond substituents is 1. The fourth-order valence-corrected chi connectivity index (χ4v) is 3.15. The Kier molecular flexibility index (Phi) is 4.60. The number of aryl methyl sites for hydroxylation is 1. The van der Waals surface area contributed by atoms with Gasteiger partial charge < -0.3 is 10.4 Å². The van der Waals surface area contributed by atoms with E-state index in [2.05, 4.69) is 26.1 Å². The van der Waals surface area contributed by atoms with Gasteiger partial charge in [0, 0.05) is 17.7 Å². The molecule has 21 heavy (non-hydrogen) atoms. The molecule has 0 unspecified atom stereocenters. The number of anilines is 1. The summed E-state index contributed by atoms with van der Waals surface area (Å²) >= 11 is 0. The summed E-state index contributed by atoms with van der Waals surface area (Å²) in [4.78, 5) is 12.3. The van der Waals surface area contributed by atoms with Crippen molar-refractivity contribution in [3.8, 4) is 5.75 Å². The first-order valence-electron chi connectivity index (χ1n) is 7.88. The van der Waals surface area contributed by atoms with E-state index in [1.807, 2.05) is 19.1 Å². The van der Waals surface area contributed by atoms with Crippen LogP contribution >= 0.6 is 0 Å². The molecule has 0 aromatic heterocycles. The molecular formula is C18H27NO2. The van der Waals surface area contributed by atoms with Crippen molar-refractivity contribution < 1.29 is 9.90 Å². The number of phenols is 1. The van der Waals surface area contributed by atoms with Crippen LogP contribution in [0.25, 0.3) is 0 Å². The van der Waals surface area contributed by atoms with Crippen molar-refractivity contribution in [2.45, 2.75) is 53.4 Å². The summed E-state index contributed by atoms with van der Waals surface area (Å²) in [6, 6.07) is 5.28.